The molecule has 32 heavy (non-hydrogen) atoms. The zero-order chi connectivity index (χ0) is 22.2. The zero-order valence-electron chi connectivity index (χ0n) is 18.4. The Labute approximate surface area is 186 Å². The van der Waals surface area contributed by atoms with Crippen LogP contribution in [0.4, 0.5) is 0 Å². The molecule has 6 heteroatoms. The Balaban J connectivity index is 1.69. The molecule has 0 spiro atoms. The van der Waals surface area contributed by atoms with Gasteiger partial charge in [-0.15, -0.1) is 0 Å². The van der Waals surface area contributed by atoms with Gasteiger partial charge in [0.15, 0.2) is 0 Å². The van der Waals surface area contributed by atoms with Gasteiger partial charge in [0.25, 0.3) is 0 Å². The lowest BCUT2D eigenvalue weighted by Gasteiger charge is -2.16. The summed E-state index contributed by atoms with van der Waals surface area (Å²) in [6.07, 6.45) is 6.39. The van der Waals surface area contributed by atoms with Crippen LogP contribution in [-0.4, -0.2) is 29.4 Å². The average molecular weight is 424 g/mol. The van der Waals surface area contributed by atoms with Crippen LogP contribution in [0.25, 0.3) is 22.2 Å². The molecule has 2 aromatic carbocycles. The Morgan fingerprint density at radius 1 is 0.969 bits per heavy atom. The molecule has 1 N–H and O–H groups in total. The highest BCUT2D eigenvalue weighted by Crippen LogP contribution is 2.30. The highest BCUT2D eigenvalue weighted by atomic mass is 16.3. The van der Waals surface area contributed by atoms with Crippen molar-refractivity contribution in [1.29, 1.82) is 0 Å². The van der Waals surface area contributed by atoms with Gasteiger partial charge in [0.1, 0.15) is 11.9 Å². The Morgan fingerprint density at radius 3 is 2.53 bits per heavy atom. The second-order valence-electron chi connectivity index (χ2n) is 8.28. The minimum Gasteiger partial charge on any atom is -0.380 e. The normalized spacial score (nSPS) is 12.4. The van der Waals surface area contributed by atoms with Crippen LogP contribution in [0.1, 0.15) is 34.2 Å². The first-order valence-electron chi connectivity index (χ1n) is 10.6. The fourth-order valence-corrected chi connectivity index (χ4v) is 4.10. The highest BCUT2D eigenvalue weighted by molar-refractivity contribution is 5.82. The molecule has 0 bridgehead atoms. The van der Waals surface area contributed by atoms with Crippen LogP contribution in [-0.2, 0) is 13.6 Å². The third kappa shape index (κ3) is 3.69. The Morgan fingerprint density at radius 2 is 1.78 bits per heavy atom. The van der Waals surface area contributed by atoms with E-state index in [0.717, 1.165) is 27.7 Å². The average Bonchev–Trinajstić information content (AvgIpc) is 3.40. The van der Waals surface area contributed by atoms with Crippen molar-refractivity contribution in [3.63, 3.8) is 0 Å². The van der Waals surface area contributed by atoms with E-state index in [9.17, 15) is 5.11 Å². The Bertz CT molecular complexity index is 1400. The largest absolute Gasteiger partial charge is 0.380 e. The first-order chi connectivity index (χ1) is 15.5. The molecule has 5 rings (SSSR count). The summed E-state index contributed by atoms with van der Waals surface area (Å²) in [4.78, 5) is 8.93. The number of nitrogens with zero attached hydrogens (tertiary/aromatic N) is 5. The van der Waals surface area contributed by atoms with Gasteiger partial charge in [0.05, 0.1) is 17.2 Å². The number of benzene rings is 2. The van der Waals surface area contributed by atoms with Crippen LogP contribution in [0.3, 0.4) is 0 Å². The number of rotatable bonds is 5. The number of aliphatic hydroxyl groups is 1. The first kappa shape index (κ1) is 20.2. The summed E-state index contributed by atoms with van der Waals surface area (Å²) in [6, 6.07) is 16.3. The van der Waals surface area contributed by atoms with Gasteiger partial charge in [-0.3, -0.25) is 9.67 Å². The maximum Gasteiger partial charge on any atom is 0.143 e. The molecule has 6 nitrogen and oxygen atoms in total. The molecule has 1 atom stereocenters. The van der Waals surface area contributed by atoms with Crippen molar-refractivity contribution < 1.29 is 5.11 Å². The quantitative estimate of drug-likeness (QED) is 0.449. The number of pyridine rings is 1. The van der Waals surface area contributed by atoms with E-state index in [1.54, 1.807) is 17.1 Å². The number of aryl methyl sites for hydroxylation is 3. The maximum absolute atomic E-state index is 11.2. The number of imidazole rings is 1. The van der Waals surface area contributed by atoms with E-state index in [2.05, 4.69) is 58.8 Å². The lowest BCUT2D eigenvalue weighted by molar-refractivity contribution is 0.206. The lowest BCUT2D eigenvalue weighted by Crippen LogP contribution is -2.12. The molecule has 5 aromatic rings. The van der Waals surface area contributed by atoms with E-state index in [-0.39, 0.29) is 0 Å². The van der Waals surface area contributed by atoms with Crippen molar-refractivity contribution in [2.45, 2.75) is 26.5 Å². The molecular formula is C26H25N5O. The van der Waals surface area contributed by atoms with Gasteiger partial charge in [-0.25, -0.2) is 4.98 Å². The summed E-state index contributed by atoms with van der Waals surface area (Å²) in [6.45, 7) is 4.84. The molecule has 0 amide bonds. The van der Waals surface area contributed by atoms with Gasteiger partial charge in [0.2, 0.25) is 0 Å². The molecule has 3 heterocycles. The van der Waals surface area contributed by atoms with Crippen molar-refractivity contribution in [2.75, 3.05) is 0 Å². The summed E-state index contributed by atoms with van der Waals surface area (Å²) in [7, 11) is 1.91. The summed E-state index contributed by atoms with van der Waals surface area (Å²) in [5.41, 5.74) is 8.35. The van der Waals surface area contributed by atoms with Crippen LogP contribution in [0.2, 0.25) is 0 Å². The van der Waals surface area contributed by atoms with Gasteiger partial charge in [-0.1, -0.05) is 29.8 Å². The molecule has 3 aromatic heterocycles. The van der Waals surface area contributed by atoms with E-state index < -0.39 is 6.10 Å². The molecule has 0 saturated carbocycles. The monoisotopic (exact) mass is 423 g/mol. The Hall–Kier alpha value is -3.77. The Kier molecular flexibility index (Phi) is 5.07. The fourth-order valence-electron chi connectivity index (χ4n) is 4.10. The van der Waals surface area contributed by atoms with Crippen LogP contribution in [0, 0.1) is 13.8 Å². The van der Waals surface area contributed by atoms with E-state index in [0.29, 0.717) is 12.4 Å². The second kappa shape index (κ2) is 8.05. The third-order valence-corrected chi connectivity index (χ3v) is 5.92. The fraction of sp³-hybridized carbons (Fsp3) is 0.192. The van der Waals surface area contributed by atoms with Gasteiger partial charge in [-0.2, -0.15) is 5.10 Å². The predicted octanol–water partition coefficient (Wildman–Crippen LogP) is 4.58. The smallest absolute Gasteiger partial charge is 0.143 e. The summed E-state index contributed by atoms with van der Waals surface area (Å²) in [5.74, 6) is 0.621. The minimum absolute atomic E-state index is 0.621. The zero-order valence-corrected chi connectivity index (χ0v) is 18.4. The van der Waals surface area contributed by atoms with Crippen molar-refractivity contribution in [1.82, 2.24) is 24.3 Å². The topological polar surface area (TPSA) is 68.8 Å². The van der Waals surface area contributed by atoms with Crippen LogP contribution in [0.5, 0.6) is 0 Å². The number of aromatic nitrogens is 5. The molecular weight excluding hydrogens is 398 g/mol. The SMILES string of the molecule is Cc1ccc(C)c(Cn2c([C@H](O)c3ccncc3)nc3ccc(-c4cnn(C)c4)cc32)c1. The number of aliphatic hydroxyl groups excluding tert-OH is 1. The second-order valence-corrected chi connectivity index (χ2v) is 8.28. The number of fused-ring (bicyclic) bond motifs is 1. The molecule has 0 aliphatic carbocycles. The van der Waals surface area contributed by atoms with E-state index in [1.165, 1.54) is 16.7 Å². The molecule has 0 saturated heterocycles. The highest BCUT2D eigenvalue weighted by Gasteiger charge is 2.21. The number of hydrogen-bond donors (Lipinski definition) is 1. The summed E-state index contributed by atoms with van der Waals surface area (Å²) in [5, 5.41) is 15.5. The predicted molar refractivity (Wildman–Crippen MR) is 125 cm³/mol. The van der Waals surface area contributed by atoms with Gasteiger partial charge < -0.3 is 9.67 Å². The first-order valence-corrected chi connectivity index (χ1v) is 10.6. The summed E-state index contributed by atoms with van der Waals surface area (Å²) >= 11 is 0. The molecule has 0 aliphatic rings. The lowest BCUT2D eigenvalue weighted by atomic mass is 10.0. The van der Waals surface area contributed by atoms with Gasteiger partial charge >= 0.3 is 0 Å². The van der Waals surface area contributed by atoms with E-state index in [1.807, 2.05) is 37.6 Å². The standard InChI is InChI=1S/C26H25N5O/c1-17-4-5-18(2)21(12-17)16-31-24-13-20(22-14-28-30(3)15-22)6-7-23(24)29-26(31)25(32)19-8-10-27-11-9-19/h4-15,25,32H,16H2,1-3H3/t25-/m1/s1. The van der Waals surface area contributed by atoms with Gasteiger partial charge in [0, 0.05) is 37.7 Å². The number of hydrogen-bond acceptors (Lipinski definition) is 4. The molecule has 0 aliphatic heterocycles. The van der Waals surface area contributed by atoms with Crippen LogP contribution >= 0.6 is 0 Å². The van der Waals surface area contributed by atoms with E-state index >= 15 is 0 Å². The molecule has 160 valence electrons. The van der Waals surface area contributed by atoms with Crippen molar-refractivity contribution in [3.8, 4) is 11.1 Å². The maximum atomic E-state index is 11.2. The van der Waals surface area contributed by atoms with Crippen LogP contribution < -0.4 is 0 Å². The summed E-state index contributed by atoms with van der Waals surface area (Å²) < 4.78 is 3.92. The van der Waals surface area contributed by atoms with Crippen molar-refractivity contribution in [2.24, 2.45) is 7.05 Å². The molecule has 0 fully saturated rings. The molecule has 0 radical (unpaired) electrons. The third-order valence-electron chi connectivity index (χ3n) is 5.92. The van der Waals surface area contributed by atoms with Crippen molar-refractivity contribution in [3.05, 3.63) is 101 Å². The van der Waals surface area contributed by atoms with E-state index in [4.69, 9.17) is 4.98 Å². The van der Waals surface area contributed by atoms with Crippen LogP contribution in [0.15, 0.2) is 73.3 Å². The minimum atomic E-state index is -0.850. The van der Waals surface area contributed by atoms with Crippen molar-refractivity contribution >= 4 is 11.0 Å². The van der Waals surface area contributed by atoms with Gasteiger partial charge in [-0.05, 0) is 60.4 Å². The molecule has 0 unspecified atom stereocenters.